The van der Waals surface area contributed by atoms with Crippen molar-refractivity contribution in [2.24, 2.45) is 0 Å². The standard InChI is InChI=1S/C22H20ClNO2S/c1-15-8-10-18(23)13-20(15)24-22(25)16-9-11-21(26-2)17(12-16)14-27-19-6-4-3-5-7-19/h3-13H,14H2,1-2H3,(H,24,25). The molecule has 3 rings (SSSR count). The molecule has 138 valence electrons. The molecule has 3 aromatic carbocycles. The summed E-state index contributed by atoms with van der Waals surface area (Å²) in [5.41, 5.74) is 3.23. The van der Waals surface area contributed by atoms with Gasteiger partial charge in [0.15, 0.2) is 0 Å². The van der Waals surface area contributed by atoms with Crippen LogP contribution in [-0.4, -0.2) is 13.0 Å². The van der Waals surface area contributed by atoms with Gasteiger partial charge in [0.25, 0.3) is 5.91 Å². The molecular formula is C22H20ClNO2S. The van der Waals surface area contributed by atoms with Crippen LogP contribution in [0.5, 0.6) is 5.75 Å². The highest BCUT2D eigenvalue weighted by Crippen LogP contribution is 2.29. The smallest absolute Gasteiger partial charge is 0.255 e. The predicted molar refractivity (Wildman–Crippen MR) is 113 cm³/mol. The number of aryl methyl sites for hydroxylation is 1. The highest BCUT2D eigenvalue weighted by Gasteiger charge is 2.12. The molecule has 3 aromatic rings. The number of carbonyl (C=O) groups is 1. The van der Waals surface area contributed by atoms with E-state index >= 15 is 0 Å². The molecule has 0 heterocycles. The van der Waals surface area contributed by atoms with E-state index < -0.39 is 0 Å². The first-order valence-electron chi connectivity index (χ1n) is 8.49. The van der Waals surface area contributed by atoms with Crippen molar-refractivity contribution in [2.45, 2.75) is 17.6 Å². The minimum absolute atomic E-state index is 0.172. The molecule has 0 saturated carbocycles. The van der Waals surface area contributed by atoms with E-state index in [1.807, 2.05) is 43.3 Å². The van der Waals surface area contributed by atoms with Crippen LogP contribution >= 0.6 is 23.4 Å². The van der Waals surface area contributed by atoms with Gasteiger partial charge < -0.3 is 10.1 Å². The normalized spacial score (nSPS) is 10.5. The molecule has 0 aromatic heterocycles. The van der Waals surface area contributed by atoms with Crippen molar-refractivity contribution in [1.82, 2.24) is 0 Å². The molecule has 0 radical (unpaired) electrons. The number of hydrogen-bond donors (Lipinski definition) is 1. The van der Waals surface area contributed by atoms with Crippen LogP contribution in [0.4, 0.5) is 5.69 Å². The van der Waals surface area contributed by atoms with Gasteiger partial charge in [-0.1, -0.05) is 35.9 Å². The lowest BCUT2D eigenvalue weighted by Crippen LogP contribution is -2.13. The second-order valence-electron chi connectivity index (χ2n) is 6.04. The number of ether oxygens (including phenoxy) is 1. The first-order valence-corrected chi connectivity index (χ1v) is 9.85. The third-order valence-electron chi connectivity index (χ3n) is 4.13. The minimum Gasteiger partial charge on any atom is -0.496 e. The number of hydrogen-bond acceptors (Lipinski definition) is 3. The van der Waals surface area contributed by atoms with Gasteiger partial charge in [-0.25, -0.2) is 0 Å². The Kier molecular flexibility index (Phi) is 6.43. The molecule has 1 N–H and O–H groups in total. The number of amides is 1. The van der Waals surface area contributed by atoms with Gasteiger partial charge in [0.2, 0.25) is 0 Å². The molecule has 0 spiro atoms. The maximum atomic E-state index is 12.7. The second kappa shape index (κ2) is 8.98. The summed E-state index contributed by atoms with van der Waals surface area (Å²) in [4.78, 5) is 13.9. The topological polar surface area (TPSA) is 38.3 Å². The van der Waals surface area contributed by atoms with Gasteiger partial charge in [0.05, 0.1) is 7.11 Å². The number of anilines is 1. The van der Waals surface area contributed by atoms with Crippen molar-refractivity contribution in [3.63, 3.8) is 0 Å². The molecule has 0 saturated heterocycles. The number of halogens is 1. The Morgan fingerprint density at radius 3 is 2.59 bits per heavy atom. The van der Waals surface area contributed by atoms with E-state index in [2.05, 4.69) is 17.4 Å². The van der Waals surface area contributed by atoms with Gasteiger partial charge in [-0.15, -0.1) is 11.8 Å². The molecule has 27 heavy (non-hydrogen) atoms. The van der Waals surface area contributed by atoms with Crippen LogP contribution in [0.3, 0.4) is 0 Å². The van der Waals surface area contributed by atoms with E-state index in [1.165, 1.54) is 4.90 Å². The Morgan fingerprint density at radius 2 is 1.85 bits per heavy atom. The number of benzene rings is 3. The van der Waals surface area contributed by atoms with Gasteiger partial charge in [-0.05, 0) is 55.0 Å². The largest absolute Gasteiger partial charge is 0.496 e. The third kappa shape index (κ3) is 5.06. The lowest BCUT2D eigenvalue weighted by Gasteiger charge is -2.12. The van der Waals surface area contributed by atoms with E-state index in [1.54, 1.807) is 37.1 Å². The lowest BCUT2D eigenvalue weighted by molar-refractivity contribution is 0.102. The summed E-state index contributed by atoms with van der Waals surface area (Å²) in [7, 11) is 1.64. The summed E-state index contributed by atoms with van der Waals surface area (Å²) in [6.45, 7) is 1.93. The molecule has 0 unspecified atom stereocenters. The van der Waals surface area contributed by atoms with Crippen LogP contribution in [0.1, 0.15) is 21.5 Å². The summed E-state index contributed by atoms with van der Waals surface area (Å²) in [5.74, 6) is 1.31. The van der Waals surface area contributed by atoms with Crippen molar-refractivity contribution in [2.75, 3.05) is 12.4 Å². The summed E-state index contributed by atoms with van der Waals surface area (Å²) in [5, 5.41) is 3.52. The van der Waals surface area contributed by atoms with Gasteiger partial charge >= 0.3 is 0 Å². The Morgan fingerprint density at radius 1 is 1.07 bits per heavy atom. The number of thioether (sulfide) groups is 1. The van der Waals surface area contributed by atoms with Crippen LogP contribution in [-0.2, 0) is 5.75 Å². The quantitative estimate of drug-likeness (QED) is 0.503. The SMILES string of the molecule is COc1ccc(C(=O)Nc2cc(Cl)ccc2C)cc1CSc1ccccc1. The summed E-state index contributed by atoms with van der Waals surface area (Å²) in [6.07, 6.45) is 0. The van der Waals surface area contributed by atoms with Gasteiger partial charge in [0.1, 0.15) is 5.75 Å². The number of methoxy groups -OCH3 is 1. The Bertz CT molecular complexity index is 944. The zero-order chi connectivity index (χ0) is 19.2. The third-order valence-corrected chi connectivity index (χ3v) is 5.42. The molecule has 0 aliphatic carbocycles. The van der Waals surface area contributed by atoms with Crippen LogP contribution in [0, 0.1) is 6.92 Å². The van der Waals surface area contributed by atoms with Crippen LogP contribution in [0.15, 0.2) is 71.6 Å². The van der Waals surface area contributed by atoms with E-state index in [9.17, 15) is 4.79 Å². The van der Waals surface area contributed by atoms with E-state index in [0.717, 1.165) is 16.9 Å². The maximum Gasteiger partial charge on any atom is 0.255 e. The van der Waals surface area contributed by atoms with Gasteiger partial charge in [-0.3, -0.25) is 4.79 Å². The van der Waals surface area contributed by atoms with Crippen molar-refractivity contribution >= 4 is 35.0 Å². The van der Waals surface area contributed by atoms with Crippen molar-refractivity contribution < 1.29 is 9.53 Å². The minimum atomic E-state index is -0.172. The average Bonchev–Trinajstić information content (AvgIpc) is 2.69. The van der Waals surface area contributed by atoms with Gasteiger partial charge in [-0.2, -0.15) is 0 Å². The molecular weight excluding hydrogens is 378 g/mol. The maximum absolute atomic E-state index is 12.7. The van der Waals surface area contributed by atoms with E-state index in [4.69, 9.17) is 16.3 Å². The molecule has 0 aliphatic rings. The number of rotatable bonds is 6. The fraction of sp³-hybridized carbons (Fsp3) is 0.136. The first-order chi connectivity index (χ1) is 13.1. The summed E-state index contributed by atoms with van der Waals surface area (Å²) < 4.78 is 5.46. The molecule has 1 amide bonds. The summed E-state index contributed by atoms with van der Waals surface area (Å²) in [6, 6.07) is 21.1. The molecule has 0 aliphatic heterocycles. The molecule has 0 fully saturated rings. The monoisotopic (exact) mass is 397 g/mol. The van der Waals surface area contributed by atoms with E-state index in [0.29, 0.717) is 22.0 Å². The van der Waals surface area contributed by atoms with E-state index in [-0.39, 0.29) is 5.91 Å². The molecule has 0 atom stereocenters. The Labute approximate surface area is 168 Å². The molecule has 3 nitrogen and oxygen atoms in total. The second-order valence-corrected chi connectivity index (χ2v) is 7.53. The van der Waals surface area contributed by atoms with Crippen LogP contribution < -0.4 is 10.1 Å². The van der Waals surface area contributed by atoms with Crippen LogP contribution in [0.25, 0.3) is 0 Å². The van der Waals surface area contributed by atoms with Crippen molar-refractivity contribution in [3.05, 3.63) is 88.4 Å². The average molecular weight is 398 g/mol. The van der Waals surface area contributed by atoms with Crippen molar-refractivity contribution in [3.8, 4) is 5.75 Å². The number of nitrogens with one attached hydrogen (secondary N) is 1. The molecule has 5 heteroatoms. The first kappa shape index (κ1) is 19.3. The van der Waals surface area contributed by atoms with Gasteiger partial charge in [0, 0.05) is 32.5 Å². The number of carbonyl (C=O) groups excluding carboxylic acids is 1. The zero-order valence-electron chi connectivity index (χ0n) is 15.2. The Hall–Kier alpha value is -2.43. The predicted octanol–water partition coefficient (Wildman–Crippen LogP) is 6.20. The Balaban J connectivity index is 1.79. The fourth-order valence-electron chi connectivity index (χ4n) is 2.63. The summed E-state index contributed by atoms with van der Waals surface area (Å²) >= 11 is 7.74. The highest BCUT2D eigenvalue weighted by atomic mass is 35.5. The highest BCUT2D eigenvalue weighted by molar-refractivity contribution is 7.98. The van der Waals surface area contributed by atoms with Crippen LogP contribution in [0.2, 0.25) is 5.02 Å². The molecule has 0 bridgehead atoms. The van der Waals surface area contributed by atoms with Crippen molar-refractivity contribution in [1.29, 1.82) is 0 Å². The fourth-order valence-corrected chi connectivity index (χ4v) is 3.70. The lowest BCUT2D eigenvalue weighted by atomic mass is 10.1. The zero-order valence-corrected chi connectivity index (χ0v) is 16.7.